The molecule has 2 heterocycles. The Labute approximate surface area is 108 Å². The van der Waals surface area contributed by atoms with Gasteiger partial charge in [0.05, 0.1) is 0 Å². The highest BCUT2D eigenvalue weighted by Gasteiger charge is 2.25. The van der Waals surface area contributed by atoms with E-state index in [1.54, 1.807) is 16.8 Å². The Morgan fingerprint density at radius 3 is 2.94 bits per heavy atom. The second kappa shape index (κ2) is 5.14. The lowest BCUT2D eigenvalue weighted by atomic mass is 10.1. The van der Waals surface area contributed by atoms with Crippen LogP contribution in [-0.2, 0) is 0 Å². The Hall–Kier alpha value is -1.29. The van der Waals surface area contributed by atoms with Crippen LogP contribution in [0.1, 0.15) is 25.7 Å². The number of piperidine rings is 1. The first-order valence-electron chi connectivity index (χ1n) is 6.99. The Morgan fingerprint density at radius 1 is 1.28 bits per heavy atom. The number of nitrogens with zero attached hydrogens (tertiary/aromatic N) is 2. The highest BCUT2D eigenvalue weighted by atomic mass is 16.1. The highest BCUT2D eigenvalue weighted by molar-refractivity contribution is 5.01. The fraction of sp³-hybridized carbons (Fsp3) is 0.643. The quantitative estimate of drug-likeness (QED) is 0.860. The largest absolute Gasteiger partial charge is 0.312 e. The average molecular weight is 247 g/mol. The van der Waals surface area contributed by atoms with Crippen LogP contribution < -0.4 is 15.9 Å². The summed E-state index contributed by atoms with van der Waals surface area (Å²) in [4.78, 5) is 11.8. The molecule has 4 heteroatoms. The van der Waals surface area contributed by atoms with Gasteiger partial charge in [0.15, 0.2) is 0 Å². The molecule has 2 aliphatic rings. The maximum atomic E-state index is 11.8. The maximum Gasteiger partial charge on any atom is 0.268 e. The summed E-state index contributed by atoms with van der Waals surface area (Å²) in [5, 5.41) is 5.81. The summed E-state index contributed by atoms with van der Waals surface area (Å²) in [6.07, 6.45) is 7.03. The molecule has 0 amide bonds. The van der Waals surface area contributed by atoms with Crippen LogP contribution >= 0.6 is 0 Å². The fourth-order valence-electron chi connectivity index (χ4n) is 2.63. The zero-order valence-electron chi connectivity index (χ0n) is 10.7. The van der Waals surface area contributed by atoms with Crippen LogP contribution in [0.3, 0.4) is 0 Å². The molecule has 1 saturated carbocycles. The predicted molar refractivity (Wildman–Crippen MR) is 72.4 cm³/mol. The van der Waals surface area contributed by atoms with Gasteiger partial charge in [-0.3, -0.25) is 4.79 Å². The number of rotatable bonds is 4. The highest BCUT2D eigenvalue weighted by Crippen LogP contribution is 2.28. The summed E-state index contributed by atoms with van der Waals surface area (Å²) < 4.78 is 1.75. The van der Waals surface area contributed by atoms with Crippen molar-refractivity contribution in [2.24, 2.45) is 5.92 Å². The molecule has 0 aromatic carbocycles. The number of nitrogens with one attached hydrogen (secondary N) is 1. The summed E-state index contributed by atoms with van der Waals surface area (Å²) >= 11 is 0. The standard InChI is InChI=1S/C14H21N3O/c18-14-5-1-2-9-17(14)16-8-3-4-13(11-16)15-10-12-6-7-12/h1-2,5,9,12-13,15H,3-4,6-8,10-11H2/t13-/m1/s1. The van der Waals surface area contributed by atoms with E-state index in [1.807, 2.05) is 12.3 Å². The SMILES string of the molecule is O=c1ccccn1N1CCC[C@@H](NCC2CC2)C1. The van der Waals surface area contributed by atoms with Gasteiger partial charge >= 0.3 is 0 Å². The first-order valence-corrected chi connectivity index (χ1v) is 6.99. The Bertz CT molecular complexity index is 452. The molecule has 1 aromatic heterocycles. The van der Waals surface area contributed by atoms with Gasteiger partial charge in [-0.2, -0.15) is 0 Å². The molecule has 1 N–H and O–H groups in total. The van der Waals surface area contributed by atoms with Gasteiger partial charge in [-0.05, 0) is 44.2 Å². The minimum Gasteiger partial charge on any atom is -0.312 e. The van der Waals surface area contributed by atoms with E-state index in [9.17, 15) is 4.79 Å². The third-order valence-electron chi connectivity index (χ3n) is 3.90. The lowest BCUT2D eigenvalue weighted by molar-refractivity contribution is 0.369. The van der Waals surface area contributed by atoms with Crippen molar-refractivity contribution in [3.05, 3.63) is 34.7 Å². The Morgan fingerprint density at radius 2 is 2.17 bits per heavy atom. The average Bonchev–Trinajstić information content (AvgIpc) is 3.21. The molecule has 0 unspecified atom stereocenters. The maximum absolute atomic E-state index is 11.8. The molecule has 3 rings (SSSR count). The van der Waals surface area contributed by atoms with Crippen LogP contribution in [0.4, 0.5) is 0 Å². The molecular weight excluding hydrogens is 226 g/mol. The molecule has 2 fully saturated rings. The van der Waals surface area contributed by atoms with Crippen molar-refractivity contribution >= 4 is 0 Å². The van der Waals surface area contributed by atoms with Gasteiger partial charge < -0.3 is 10.3 Å². The molecule has 0 spiro atoms. The summed E-state index contributed by atoms with van der Waals surface area (Å²) in [5.41, 5.74) is 0.0698. The number of pyridine rings is 1. The van der Waals surface area contributed by atoms with Crippen molar-refractivity contribution in [1.29, 1.82) is 0 Å². The molecule has 1 atom stereocenters. The van der Waals surface area contributed by atoms with Crippen molar-refractivity contribution in [3.63, 3.8) is 0 Å². The second-order valence-corrected chi connectivity index (χ2v) is 5.49. The van der Waals surface area contributed by atoms with Gasteiger partial charge in [-0.1, -0.05) is 6.07 Å². The third kappa shape index (κ3) is 2.75. The monoisotopic (exact) mass is 247 g/mol. The molecule has 1 aliphatic carbocycles. The first-order chi connectivity index (χ1) is 8.83. The van der Waals surface area contributed by atoms with E-state index in [2.05, 4.69) is 10.3 Å². The Balaban J connectivity index is 1.62. The molecule has 4 nitrogen and oxygen atoms in total. The molecule has 1 aromatic rings. The summed E-state index contributed by atoms with van der Waals surface area (Å²) in [6.45, 7) is 3.07. The van der Waals surface area contributed by atoms with Crippen molar-refractivity contribution in [1.82, 2.24) is 9.99 Å². The zero-order valence-corrected chi connectivity index (χ0v) is 10.7. The van der Waals surface area contributed by atoms with Gasteiger partial charge in [0.1, 0.15) is 0 Å². The minimum atomic E-state index is 0.0698. The summed E-state index contributed by atoms with van der Waals surface area (Å²) in [7, 11) is 0. The topological polar surface area (TPSA) is 37.3 Å². The van der Waals surface area contributed by atoms with E-state index in [0.29, 0.717) is 6.04 Å². The predicted octanol–water partition coefficient (Wildman–Crippen LogP) is 0.948. The van der Waals surface area contributed by atoms with E-state index in [1.165, 1.54) is 19.3 Å². The van der Waals surface area contributed by atoms with E-state index in [0.717, 1.165) is 32.0 Å². The molecular formula is C14H21N3O. The molecule has 1 saturated heterocycles. The van der Waals surface area contributed by atoms with Gasteiger partial charge in [0.2, 0.25) is 0 Å². The van der Waals surface area contributed by atoms with Crippen LogP contribution in [0.25, 0.3) is 0 Å². The van der Waals surface area contributed by atoms with Gasteiger partial charge in [-0.25, -0.2) is 4.68 Å². The molecule has 0 bridgehead atoms. The zero-order chi connectivity index (χ0) is 12.4. The number of hydrogen-bond donors (Lipinski definition) is 1. The smallest absolute Gasteiger partial charge is 0.268 e. The van der Waals surface area contributed by atoms with Gasteiger partial charge in [0, 0.05) is 31.4 Å². The summed E-state index contributed by atoms with van der Waals surface area (Å²) in [5.74, 6) is 0.917. The van der Waals surface area contributed by atoms with E-state index in [4.69, 9.17) is 0 Å². The lowest BCUT2D eigenvalue weighted by Crippen LogP contribution is -2.53. The third-order valence-corrected chi connectivity index (χ3v) is 3.90. The molecule has 18 heavy (non-hydrogen) atoms. The molecule has 1 aliphatic heterocycles. The van der Waals surface area contributed by atoms with E-state index >= 15 is 0 Å². The first kappa shape index (κ1) is 11.8. The number of aromatic nitrogens is 1. The van der Waals surface area contributed by atoms with Crippen molar-refractivity contribution in [2.45, 2.75) is 31.7 Å². The fourth-order valence-corrected chi connectivity index (χ4v) is 2.63. The molecule has 0 radical (unpaired) electrons. The summed E-state index contributed by atoms with van der Waals surface area (Å²) in [6, 6.07) is 5.88. The van der Waals surface area contributed by atoms with Crippen LogP contribution in [0.15, 0.2) is 29.2 Å². The van der Waals surface area contributed by atoms with Crippen LogP contribution in [0.5, 0.6) is 0 Å². The van der Waals surface area contributed by atoms with Crippen molar-refractivity contribution in [3.8, 4) is 0 Å². The number of hydrogen-bond acceptors (Lipinski definition) is 3. The van der Waals surface area contributed by atoms with Crippen molar-refractivity contribution < 1.29 is 0 Å². The Kier molecular flexibility index (Phi) is 3.37. The van der Waals surface area contributed by atoms with Gasteiger partial charge in [-0.15, -0.1) is 0 Å². The van der Waals surface area contributed by atoms with Crippen LogP contribution in [0.2, 0.25) is 0 Å². The van der Waals surface area contributed by atoms with Crippen LogP contribution in [-0.4, -0.2) is 30.4 Å². The van der Waals surface area contributed by atoms with Gasteiger partial charge in [0.25, 0.3) is 5.56 Å². The minimum absolute atomic E-state index is 0.0698. The van der Waals surface area contributed by atoms with Crippen molar-refractivity contribution in [2.75, 3.05) is 24.6 Å². The van der Waals surface area contributed by atoms with E-state index < -0.39 is 0 Å². The van der Waals surface area contributed by atoms with Crippen LogP contribution in [0, 0.1) is 5.92 Å². The normalized spacial score (nSPS) is 24.2. The second-order valence-electron chi connectivity index (χ2n) is 5.49. The molecule has 98 valence electrons. The van der Waals surface area contributed by atoms with E-state index in [-0.39, 0.29) is 5.56 Å². The lowest BCUT2D eigenvalue weighted by Gasteiger charge is -2.35.